The average Bonchev–Trinajstić information content (AvgIpc) is 2.57. The number of anilines is 3. The van der Waals surface area contributed by atoms with E-state index in [4.69, 9.17) is 16.3 Å². The van der Waals surface area contributed by atoms with E-state index in [0.29, 0.717) is 48.7 Å². The molecule has 24 heavy (non-hydrogen) atoms. The summed E-state index contributed by atoms with van der Waals surface area (Å²) in [5.41, 5.74) is 0.837. The Bertz CT molecular complexity index is 748. The number of benzene rings is 1. The summed E-state index contributed by atoms with van der Waals surface area (Å²) in [5, 5.41) is 15.0. The molecule has 0 unspecified atom stereocenters. The van der Waals surface area contributed by atoms with E-state index in [1.807, 2.05) is 4.90 Å². The molecule has 0 radical (unpaired) electrons. The van der Waals surface area contributed by atoms with Crippen molar-refractivity contribution in [3.63, 3.8) is 0 Å². The van der Waals surface area contributed by atoms with Crippen molar-refractivity contribution in [2.75, 3.05) is 36.5 Å². The van der Waals surface area contributed by atoms with Crippen molar-refractivity contribution < 1.29 is 9.66 Å². The van der Waals surface area contributed by atoms with Crippen molar-refractivity contribution in [3.8, 4) is 0 Å². The van der Waals surface area contributed by atoms with Gasteiger partial charge in [0.15, 0.2) is 0 Å². The molecule has 3 rings (SSSR count). The highest BCUT2D eigenvalue weighted by Crippen LogP contribution is 2.30. The fourth-order valence-corrected chi connectivity index (χ4v) is 2.56. The molecule has 1 fully saturated rings. The van der Waals surface area contributed by atoms with Gasteiger partial charge in [0.05, 0.1) is 18.1 Å². The van der Waals surface area contributed by atoms with Crippen LogP contribution in [0.25, 0.3) is 0 Å². The number of ether oxygens (including phenoxy) is 1. The van der Waals surface area contributed by atoms with E-state index in [1.54, 1.807) is 31.2 Å². The molecular weight excluding hydrogens is 334 g/mol. The molecule has 1 aliphatic heterocycles. The van der Waals surface area contributed by atoms with Gasteiger partial charge in [0, 0.05) is 23.8 Å². The van der Waals surface area contributed by atoms with Gasteiger partial charge in [-0.15, -0.1) is 0 Å². The quantitative estimate of drug-likeness (QED) is 0.670. The smallest absolute Gasteiger partial charge is 0.332 e. The lowest BCUT2D eigenvalue weighted by Gasteiger charge is -2.27. The molecule has 0 aliphatic carbocycles. The number of morpholine rings is 1. The third-order valence-electron chi connectivity index (χ3n) is 3.63. The standard InChI is InChI=1S/C15H16ClN5O3/c1-10-13(21(22)23)14(18-12-4-2-11(16)3-5-12)19-15(17-10)20-6-8-24-9-7-20/h2-5H,6-9H2,1H3,(H,17,18,19). The van der Waals surface area contributed by atoms with E-state index in [9.17, 15) is 10.1 Å². The highest BCUT2D eigenvalue weighted by Gasteiger charge is 2.25. The summed E-state index contributed by atoms with van der Waals surface area (Å²) in [5.74, 6) is 0.620. The van der Waals surface area contributed by atoms with Gasteiger partial charge in [0.1, 0.15) is 5.69 Å². The molecule has 2 heterocycles. The lowest BCUT2D eigenvalue weighted by atomic mass is 10.3. The van der Waals surface area contributed by atoms with Crippen LogP contribution in [0.2, 0.25) is 5.02 Å². The van der Waals surface area contributed by atoms with Crippen LogP contribution < -0.4 is 10.2 Å². The van der Waals surface area contributed by atoms with Crippen molar-refractivity contribution in [2.45, 2.75) is 6.92 Å². The molecule has 1 N–H and O–H groups in total. The molecular formula is C15H16ClN5O3. The van der Waals surface area contributed by atoms with Crippen molar-refractivity contribution in [3.05, 3.63) is 45.1 Å². The molecule has 0 atom stereocenters. The van der Waals surface area contributed by atoms with Gasteiger partial charge < -0.3 is 15.0 Å². The summed E-state index contributed by atoms with van der Waals surface area (Å²) in [6, 6.07) is 6.87. The minimum absolute atomic E-state index is 0.137. The zero-order chi connectivity index (χ0) is 17.1. The third kappa shape index (κ3) is 3.55. The Hall–Kier alpha value is -2.45. The molecule has 0 amide bonds. The first-order valence-electron chi connectivity index (χ1n) is 7.43. The SMILES string of the molecule is Cc1nc(N2CCOCC2)nc(Nc2ccc(Cl)cc2)c1[N+](=O)[O-]. The summed E-state index contributed by atoms with van der Waals surface area (Å²) >= 11 is 5.87. The Balaban J connectivity index is 1.98. The van der Waals surface area contributed by atoms with E-state index >= 15 is 0 Å². The number of rotatable bonds is 4. The van der Waals surface area contributed by atoms with Crippen LogP contribution in [-0.4, -0.2) is 41.2 Å². The summed E-state index contributed by atoms with van der Waals surface area (Å²) in [4.78, 5) is 21.5. The number of aromatic nitrogens is 2. The topological polar surface area (TPSA) is 93.4 Å². The van der Waals surface area contributed by atoms with E-state index < -0.39 is 4.92 Å². The molecule has 0 saturated carbocycles. The predicted molar refractivity (Wildman–Crippen MR) is 91.2 cm³/mol. The lowest BCUT2D eigenvalue weighted by Crippen LogP contribution is -2.37. The van der Waals surface area contributed by atoms with Gasteiger partial charge in [-0.1, -0.05) is 11.6 Å². The van der Waals surface area contributed by atoms with Crippen molar-refractivity contribution in [1.29, 1.82) is 0 Å². The fourth-order valence-electron chi connectivity index (χ4n) is 2.43. The maximum Gasteiger partial charge on any atom is 0.332 e. The Morgan fingerprint density at radius 1 is 1.25 bits per heavy atom. The van der Waals surface area contributed by atoms with Crippen LogP contribution in [0.1, 0.15) is 5.69 Å². The molecule has 126 valence electrons. The van der Waals surface area contributed by atoms with Crippen molar-refractivity contribution >= 4 is 34.7 Å². The van der Waals surface area contributed by atoms with Gasteiger partial charge in [-0.25, -0.2) is 4.98 Å². The van der Waals surface area contributed by atoms with Gasteiger partial charge in [-0.2, -0.15) is 4.98 Å². The minimum Gasteiger partial charge on any atom is -0.378 e. The van der Waals surface area contributed by atoms with Crippen LogP contribution in [0.5, 0.6) is 0 Å². The van der Waals surface area contributed by atoms with Gasteiger partial charge in [0.2, 0.25) is 11.8 Å². The average molecular weight is 350 g/mol. The molecule has 1 aromatic carbocycles. The van der Waals surface area contributed by atoms with Crippen molar-refractivity contribution in [1.82, 2.24) is 9.97 Å². The normalized spacial score (nSPS) is 14.5. The van der Waals surface area contributed by atoms with Crippen LogP contribution in [0.3, 0.4) is 0 Å². The van der Waals surface area contributed by atoms with Crippen LogP contribution in [0, 0.1) is 17.0 Å². The van der Waals surface area contributed by atoms with E-state index in [1.165, 1.54) is 0 Å². The maximum atomic E-state index is 11.4. The number of halogens is 1. The second kappa shape index (κ2) is 6.98. The molecule has 0 bridgehead atoms. The summed E-state index contributed by atoms with van der Waals surface area (Å²) < 4.78 is 5.32. The first-order valence-corrected chi connectivity index (χ1v) is 7.80. The minimum atomic E-state index is -0.476. The third-order valence-corrected chi connectivity index (χ3v) is 3.88. The number of nitrogens with zero attached hydrogens (tertiary/aromatic N) is 4. The Kier molecular flexibility index (Phi) is 4.77. The maximum absolute atomic E-state index is 11.4. The molecule has 1 aromatic heterocycles. The highest BCUT2D eigenvalue weighted by atomic mass is 35.5. The highest BCUT2D eigenvalue weighted by molar-refractivity contribution is 6.30. The molecule has 8 nitrogen and oxygen atoms in total. The van der Waals surface area contributed by atoms with Crippen LogP contribution in [0.4, 0.5) is 23.1 Å². The van der Waals surface area contributed by atoms with E-state index in [-0.39, 0.29) is 11.5 Å². The first-order chi connectivity index (χ1) is 11.5. The number of aryl methyl sites for hydroxylation is 1. The van der Waals surface area contributed by atoms with E-state index in [0.717, 1.165) is 0 Å². The molecule has 9 heteroatoms. The number of nitrogens with one attached hydrogen (secondary N) is 1. The summed E-state index contributed by atoms with van der Waals surface area (Å²) in [6.07, 6.45) is 0. The molecule has 2 aromatic rings. The number of hydrogen-bond donors (Lipinski definition) is 1. The van der Waals surface area contributed by atoms with E-state index in [2.05, 4.69) is 15.3 Å². The van der Waals surface area contributed by atoms with Crippen LogP contribution in [-0.2, 0) is 4.74 Å². The Morgan fingerprint density at radius 3 is 2.54 bits per heavy atom. The number of nitro groups is 1. The van der Waals surface area contributed by atoms with Gasteiger partial charge in [-0.3, -0.25) is 10.1 Å². The van der Waals surface area contributed by atoms with Crippen molar-refractivity contribution in [2.24, 2.45) is 0 Å². The second-order valence-electron chi connectivity index (χ2n) is 5.29. The van der Waals surface area contributed by atoms with Gasteiger partial charge in [-0.05, 0) is 31.2 Å². The zero-order valence-electron chi connectivity index (χ0n) is 13.0. The van der Waals surface area contributed by atoms with Crippen LogP contribution >= 0.6 is 11.6 Å². The largest absolute Gasteiger partial charge is 0.378 e. The summed E-state index contributed by atoms with van der Waals surface area (Å²) in [6.45, 7) is 4.07. The van der Waals surface area contributed by atoms with Crippen LogP contribution in [0.15, 0.2) is 24.3 Å². The zero-order valence-corrected chi connectivity index (χ0v) is 13.8. The molecule has 1 aliphatic rings. The van der Waals surface area contributed by atoms with Gasteiger partial charge in [0.25, 0.3) is 0 Å². The second-order valence-corrected chi connectivity index (χ2v) is 5.73. The molecule has 0 spiro atoms. The number of hydrogen-bond acceptors (Lipinski definition) is 7. The van der Waals surface area contributed by atoms with Gasteiger partial charge >= 0.3 is 5.69 Å². The Labute approximate surface area is 143 Å². The molecule has 1 saturated heterocycles. The Morgan fingerprint density at radius 2 is 1.92 bits per heavy atom. The predicted octanol–water partition coefficient (Wildman–Crippen LogP) is 2.93. The first kappa shape index (κ1) is 16.4. The fraction of sp³-hybridized carbons (Fsp3) is 0.333. The summed E-state index contributed by atoms with van der Waals surface area (Å²) in [7, 11) is 0. The lowest BCUT2D eigenvalue weighted by molar-refractivity contribution is -0.385. The monoisotopic (exact) mass is 349 g/mol.